The zero-order chi connectivity index (χ0) is 17.3. The molecule has 0 aromatic heterocycles. The fourth-order valence-electron chi connectivity index (χ4n) is 2.91. The number of ether oxygens (including phenoxy) is 1. The van der Waals surface area contributed by atoms with Crippen molar-refractivity contribution in [2.45, 2.75) is 19.5 Å². The molecule has 0 radical (unpaired) electrons. The minimum atomic E-state index is -2.99. The van der Waals surface area contributed by atoms with Gasteiger partial charge in [-0.1, -0.05) is 18.2 Å². The third kappa shape index (κ3) is 2.81. The number of alkyl halides is 2. The summed E-state index contributed by atoms with van der Waals surface area (Å²) in [6.45, 7) is -2.99. The Morgan fingerprint density at radius 1 is 1.25 bits per heavy atom. The largest absolute Gasteiger partial charge is 0.433 e. The number of hydrogen-bond acceptors (Lipinski definition) is 3. The fraction of sp³-hybridized carbons (Fsp3) is 0.222. The van der Waals surface area contributed by atoms with E-state index in [0.717, 1.165) is 16.8 Å². The highest BCUT2D eigenvalue weighted by Crippen LogP contribution is 2.35. The van der Waals surface area contributed by atoms with E-state index in [1.54, 1.807) is 30.1 Å². The van der Waals surface area contributed by atoms with Gasteiger partial charge in [0.05, 0.1) is 0 Å². The lowest BCUT2D eigenvalue weighted by atomic mass is 9.94. The van der Waals surface area contributed by atoms with Crippen LogP contribution in [0.2, 0.25) is 0 Å². The summed E-state index contributed by atoms with van der Waals surface area (Å²) in [5, 5.41) is 9.36. The van der Waals surface area contributed by atoms with Gasteiger partial charge in [0.2, 0.25) is 5.91 Å². The topological polar surface area (TPSA) is 53.3 Å². The van der Waals surface area contributed by atoms with Gasteiger partial charge in [-0.2, -0.15) is 14.0 Å². The zero-order valence-corrected chi connectivity index (χ0v) is 12.9. The molecule has 2 aromatic carbocycles. The summed E-state index contributed by atoms with van der Waals surface area (Å²) in [5.41, 5.74) is 3.14. The van der Waals surface area contributed by atoms with Gasteiger partial charge in [0.25, 0.3) is 0 Å². The Hall–Kier alpha value is -2.94. The van der Waals surface area contributed by atoms with Crippen LogP contribution in [0.4, 0.5) is 14.5 Å². The first-order valence-electron chi connectivity index (χ1n) is 7.39. The minimum Gasteiger partial charge on any atom is -0.433 e. The van der Waals surface area contributed by atoms with Crippen LogP contribution in [0.15, 0.2) is 36.4 Å². The van der Waals surface area contributed by atoms with Gasteiger partial charge in [0, 0.05) is 24.7 Å². The van der Waals surface area contributed by atoms with Crippen LogP contribution in [-0.4, -0.2) is 19.6 Å². The Morgan fingerprint density at radius 2 is 2.04 bits per heavy atom. The summed E-state index contributed by atoms with van der Waals surface area (Å²) in [7, 11) is 1.72. The third-order valence-corrected chi connectivity index (χ3v) is 4.09. The molecule has 1 amide bonds. The Labute approximate surface area is 137 Å². The molecule has 6 heteroatoms. The summed E-state index contributed by atoms with van der Waals surface area (Å²) in [6, 6.07) is 12.0. The molecule has 0 bridgehead atoms. The van der Waals surface area contributed by atoms with Crippen molar-refractivity contribution in [2.75, 3.05) is 11.9 Å². The number of hydrogen-bond donors (Lipinski definition) is 0. The minimum absolute atomic E-state index is 0.0558. The number of fused-ring (bicyclic) bond motifs is 1. The van der Waals surface area contributed by atoms with E-state index in [1.807, 2.05) is 18.2 Å². The SMILES string of the molecule is CN1C(=O)CCc2cc(-c3cccc(OC(F)F)c3C#N)ccc21. The van der Waals surface area contributed by atoms with Crippen LogP contribution in [0.5, 0.6) is 5.75 Å². The van der Waals surface area contributed by atoms with E-state index in [2.05, 4.69) is 4.74 Å². The first kappa shape index (κ1) is 15.9. The molecule has 0 aliphatic carbocycles. The Morgan fingerprint density at radius 3 is 2.75 bits per heavy atom. The lowest BCUT2D eigenvalue weighted by molar-refractivity contribution is -0.118. The molecular formula is C18H14F2N2O2. The molecule has 1 aliphatic rings. The lowest BCUT2D eigenvalue weighted by Gasteiger charge is -2.26. The van der Waals surface area contributed by atoms with Crippen LogP contribution >= 0.6 is 0 Å². The normalized spacial score (nSPS) is 13.6. The summed E-state index contributed by atoms with van der Waals surface area (Å²) in [5.74, 6) is -0.0877. The molecule has 2 aromatic rings. The molecule has 0 unspecified atom stereocenters. The van der Waals surface area contributed by atoms with Crippen molar-refractivity contribution in [3.8, 4) is 22.9 Å². The number of anilines is 1. The van der Waals surface area contributed by atoms with Crippen LogP contribution in [-0.2, 0) is 11.2 Å². The Balaban J connectivity index is 2.07. The molecular weight excluding hydrogens is 314 g/mol. The molecule has 1 heterocycles. The summed E-state index contributed by atoms with van der Waals surface area (Å²) in [6.07, 6.45) is 1.04. The molecule has 0 N–H and O–H groups in total. The molecule has 0 spiro atoms. The maximum atomic E-state index is 12.5. The van der Waals surface area contributed by atoms with Gasteiger partial charge in [-0.05, 0) is 35.7 Å². The molecule has 0 saturated heterocycles. The van der Waals surface area contributed by atoms with Crippen molar-refractivity contribution in [1.82, 2.24) is 0 Å². The van der Waals surface area contributed by atoms with Gasteiger partial charge in [-0.15, -0.1) is 0 Å². The second kappa shape index (κ2) is 6.28. The number of nitrogens with zero attached hydrogens (tertiary/aromatic N) is 2. The van der Waals surface area contributed by atoms with E-state index in [0.29, 0.717) is 18.4 Å². The standard InChI is InChI=1S/C18H14F2N2O2/c1-22-15-7-5-11(9-12(15)6-8-17(22)23)13-3-2-4-16(14(13)10-21)24-18(19)20/h2-5,7,9,18H,6,8H2,1H3. The van der Waals surface area contributed by atoms with Gasteiger partial charge < -0.3 is 9.64 Å². The van der Waals surface area contributed by atoms with Crippen molar-refractivity contribution in [2.24, 2.45) is 0 Å². The smallest absolute Gasteiger partial charge is 0.387 e. The average molecular weight is 328 g/mol. The predicted octanol–water partition coefficient (Wildman–Crippen LogP) is 3.74. The summed E-state index contributed by atoms with van der Waals surface area (Å²) < 4.78 is 29.4. The highest BCUT2D eigenvalue weighted by atomic mass is 19.3. The maximum absolute atomic E-state index is 12.5. The van der Waals surface area contributed by atoms with Crippen LogP contribution < -0.4 is 9.64 Å². The van der Waals surface area contributed by atoms with E-state index < -0.39 is 6.61 Å². The highest BCUT2D eigenvalue weighted by molar-refractivity contribution is 5.96. The van der Waals surface area contributed by atoms with E-state index in [-0.39, 0.29) is 17.2 Å². The van der Waals surface area contributed by atoms with Gasteiger partial charge in [-0.3, -0.25) is 4.79 Å². The highest BCUT2D eigenvalue weighted by Gasteiger charge is 2.22. The number of benzene rings is 2. The number of carbonyl (C=O) groups excluding carboxylic acids is 1. The van der Waals surface area contributed by atoms with Gasteiger partial charge in [0.15, 0.2) is 0 Å². The van der Waals surface area contributed by atoms with E-state index in [9.17, 15) is 18.8 Å². The molecule has 0 saturated carbocycles. The molecule has 122 valence electrons. The Kier molecular flexibility index (Phi) is 4.17. The van der Waals surface area contributed by atoms with Gasteiger partial charge >= 0.3 is 6.61 Å². The Bertz CT molecular complexity index is 843. The third-order valence-electron chi connectivity index (χ3n) is 4.09. The number of carbonyl (C=O) groups is 1. The van der Waals surface area contributed by atoms with Crippen molar-refractivity contribution < 1.29 is 18.3 Å². The number of halogens is 2. The summed E-state index contributed by atoms with van der Waals surface area (Å²) >= 11 is 0. The molecule has 0 atom stereocenters. The van der Waals surface area contributed by atoms with Gasteiger partial charge in [-0.25, -0.2) is 0 Å². The molecule has 0 fully saturated rings. The van der Waals surface area contributed by atoms with Crippen molar-refractivity contribution in [3.05, 3.63) is 47.5 Å². The second-order valence-corrected chi connectivity index (χ2v) is 5.47. The van der Waals surface area contributed by atoms with Crippen molar-refractivity contribution in [1.29, 1.82) is 5.26 Å². The van der Waals surface area contributed by atoms with Crippen molar-refractivity contribution >= 4 is 11.6 Å². The van der Waals surface area contributed by atoms with E-state index in [1.165, 1.54) is 6.07 Å². The van der Waals surface area contributed by atoms with Crippen LogP contribution in [0.1, 0.15) is 17.5 Å². The maximum Gasteiger partial charge on any atom is 0.387 e. The van der Waals surface area contributed by atoms with E-state index >= 15 is 0 Å². The fourth-order valence-corrected chi connectivity index (χ4v) is 2.91. The van der Waals surface area contributed by atoms with Gasteiger partial charge in [0.1, 0.15) is 17.4 Å². The molecule has 4 nitrogen and oxygen atoms in total. The molecule has 24 heavy (non-hydrogen) atoms. The van der Waals surface area contributed by atoms with E-state index in [4.69, 9.17) is 0 Å². The number of amides is 1. The average Bonchev–Trinajstić information content (AvgIpc) is 2.57. The zero-order valence-electron chi connectivity index (χ0n) is 12.9. The van der Waals surface area contributed by atoms with Crippen LogP contribution in [0, 0.1) is 11.3 Å². The molecule has 1 aliphatic heterocycles. The quantitative estimate of drug-likeness (QED) is 0.862. The summed E-state index contributed by atoms with van der Waals surface area (Å²) in [4.78, 5) is 13.4. The first-order valence-corrected chi connectivity index (χ1v) is 7.39. The predicted molar refractivity (Wildman–Crippen MR) is 85.0 cm³/mol. The second-order valence-electron chi connectivity index (χ2n) is 5.47. The monoisotopic (exact) mass is 328 g/mol. The first-order chi connectivity index (χ1) is 11.5. The van der Waals surface area contributed by atoms with Crippen LogP contribution in [0.3, 0.4) is 0 Å². The van der Waals surface area contributed by atoms with Crippen molar-refractivity contribution in [3.63, 3.8) is 0 Å². The molecule has 3 rings (SSSR count). The number of nitriles is 1. The number of aryl methyl sites for hydroxylation is 1. The lowest BCUT2D eigenvalue weighted by Crippen LogP contribution is -2.30. The number of rotatable bonds is 3. The van der Waals surface area contributed by atoms with Crippen LogP contribution in [0.25, 0.3) is 11.1 Å².